The summed E-state index contributed by atoms with van der Waals surface area (Å²) in [7, 11) is 0. The van der Waals surface area contributed by atoms with Gasteiger partial charge in [-0.2, -0.15) is 0 Å². The number of amides is 1. The van der Waals surface area contributed by atoms with Crippen molar-refractivity contribution in [3.8, 4) is 11.5 Å². The highest BCUT2D eigenvalue weighted by atomic mass is 16.5. The number of benzene rings is 1. The number of nitrogens with one attached hydrogen (secondary N) is 1. The summed E-state index contributed by atoms with van der Waals surface area (Å²) in [6.07, 6.45) is 3.19. The van der Waals surface area contributed by atoms with E-state index < -0.39 is 5.97 Å². The van der Waals surface area contributed by atoms with Gasteiger partial charge in [0.2, 0.25) is 0 Å². The second-order valence-electron chi connectivity index (χ2n) is 5.17. The standard InChI is InChI=1S/C16H21NO5/c18-15(19)5-2-1-3-8-17-16(20)12-6-7-13-14(11-12)22-10-4-9-21-13/h6-7,11H,1-5,8-10H2,(H,17,20)(H,18,19). The second kappa shape index (κ2) is 8.26. The average Bonchev–Trinajstić information content (AvgIpc) is 2.74. The molecule has 6 nitrogen and oxygen atoms in total. The Morgan fingerprint density at radius 1 is 1.09 bits per heavy atom. The predicted molar refractivity (Wildman–Crippen MR) is 80.5 cm³/mol. The molecule has 0 aliphatic carbocycles. The number of unbranched alkanes of at least 4 members (excludes halogenated alkanes) is 2. The van der Waals surface area contributed by atoms with Crippen LogP contribution in [0.25, 0.3) is 0 Å². The Hall–Kier alpha value is -2.24. The normalized spacial score (nSPS) is 13.3. The van der Waals surface area contributed by atoms with E-state index in [1.807, 2.05) is 0 Å². The molecule has 0 saturated heterocycles. The molecule has 120 valence electrons. The molecule has 1 heterocycles. The summed E-state index contributed by atoms with van der Waals surface area (Å²) in [6, 6.07) is 5.16. The number of carbonyl (C=O) groups is 2. The van der Waals surface area contributed by atoms with E-state index in [-0.39, 0.29) is 12.3 Å². The van der Waals surface area contributed by atoms with Crippen LogP contribution in [0.5, 0.6) is 11.5 Å². The summed E-state index contributed by atoms with van der Waals surface area (Å²) in [6.45, 7) is 1.74. The molecule has 0 fully saturated rings. The SMILES string of the molecule is O=C(O)CCCCCNC(=O)c1ccc2c(c1)OCCCO2. The van der Waals surface area contributed by atoms with E-state index in [1.54, 1.807) is 18.2 Å². The molecule has 0 spiro atoms. The maximum atomic E-state index is 12.1. The zero-order valence-electron chi connectivity index (χ0n) is 12.5. The van der Waals surface area contributed by atoms with Crippen LogP contribution in [0.15, 0.2) is 18.2 Å². The summed E-state index contributed by atoms with van der Waals surface area (Å²) in [5, 5.41) is 11.4. The van der Waals surface area contributed by atoms with E-state index in [9.17, 15) is 9.59 Å². The van der Waals surface area contributed by atoms with Crippen LogP contribution in [-0.4, -0.2) is 36.7 Å². The summed E-state index contributed by atoms with van der Waals surface area (Å²) in [4.78, 5) is 22.4. The van der Waals surface area contributed by atoms with Crippen LogP contribution in [0, 0.1) is 0 Å². The van der Waals surface area contributed by atoms with Gasteiger partial charge in [0.1, 0.15) is 0 Å². The molecule has 0 radical (unpaired) electrons. The molecule has 0 unspecified atom stereocenters. The minimum atomic E-state index is -0.781. The third kappa shape index (κ3) is 4.95. The number of aliphatic carboxylic acids is 1. The van der Waals surface area contributed by atoms with Crippen LogP contribution in [0.2, 0.25) is 0 Å². The Morgan fingerprint density at radius 3 is 2.64 bits per heavy atom. The molecule has 0 saturated carbocycles. The predicted octanol–water partition coefficient (Wildman–Crippen LogP) is 2.22. The number of carbonyl (C=O) groups excluding carboxylic acids is 1. The Labute approximate surface area is 129 Å². The molecule has 1 amide bonds. The number of hydrogen-bond donors (Lipinski definition) is 2. The number of fused-ring (bicyclic) bond motifs is 1. The molecule has 0 aromatic heterocycles. The van der Waals surface area contributed by atoms with Crippen molar-refractivity contribution in [3.63, 3.8) is 0 Å². The molecular weight excluding hydrogens is 286 g/mol. The number of rotatable bonds is 7. The highest BCUT2D eigenvalue weighted by molar-refractivity contribution is 5.94. The van der Waals surface area contributed by atoms with Gasteiger partial charge < -0.3 is 19.9 Å². The van der Waals surface area contributed by atoms with Gasteiger partial charge in [0, 0.05) is 24.9 Å². The van der Waals surface area contributed by atoms with Crippen molar-refractivity contribution in [3.05, 3.63) is 23.8 Å². The van der Waals surface area contributed by atoms with Crippen molar-refractivity contribution in [1.82, 2.24) is 5.32 Å². The molecular formula is C16H21NO5. The third-order valence-corrected chi connectivity index (χ3v) is 3.36. The minimum absolute atomic E-state index is 0.158. The van der Waals surface area contributed by atoms with Gasteiger partial charge in [0.15, 0.2) is 11.5 Å². The summed E-state index contributed by atoms with van der Waals surface area (Å²) in [5.41, 5.74) is 0.537. The van der Waals surface area contributed by atoms with Crippen molar-refractivity contribution in [2.45, 2.75) is 32.1 Å². The third-order valence-electron chi connectivity index (χ3n) is 3.36. The molecule has 0 bridgehead atoms. The smallest absolute Gasteiger partial charge is 0.303 e. The molecule has 2 rings (SSSR count). The van der Waals surface area contributed by atoms with Crippen molar-refractivity contribution in [2.24, 2.45) is 0 Å². The number of carboxylic acids is 1. The molecule has 0 atom stereocenters. The monoisotopic (exact) mass is 307 g/mol. The first-order valence-electron chi connectivity index (χ1n) is 7.56. The molecule has 2 N–H and O–H groups in total. The lowest BCUT2D eigenvalue weighted by Gasteiger charge is -2.09. The summed E-state index contributed by atoms with van der Waals surface area (Å²) < 4.78 is 11.1. The van der Waals surface area contributed by atoms with Gasteiger partial charge in [-0.1, -0.05) is 6.42 Å². The van der Waals surface area contributed by atoms with Crippen molar-refractivity contribution in [2.75, 3.05) is 19.8 Å². The Bertz CT molecular complexity index is 529. The zero-order valence-corrected chi connectivity index (χ0v) is 12.5. The molecule has 22 heavy (non-hydrogen) atoms. The first kappa shape index (κ1) is 16.1. The van der Waals surface area contributed by atoms with Crippen LogP contribution in [-0.2, 0) is 4.79 Å². The molecule has 1 aliphatic heterocycles. The van der Waals surface area contributed by atoms with E-state index in [2.05, 4.69) is 5.32 Å². The lowest BCUT2D eigenvalue weighted by molar-refractivity contribution is -0.137. The highest BCUT2D eigenvalue weighted by Crippen LogP contribution is 2.30. The Balaban J connectivity index is 1.78. The van der Waals surface area contributed by atoms with Crippen LogP contribution >= 0.6 is 0 Å². The number of hydrogen-bond acceptors (Lipinski definition) is 4. The molecule has 1 aromatic carbocycles. The average molecular weight is 307 g/mol. The van der Waals surface area contributed by atoms with Crippen molar-refractivity contribution >= 4 is 11.9 Å². The largest absolute Gasteiger partial charge is 0.490 e. The summed E-state index contributed by atoms with van der Waals surface area (Å²) >= 11 is 0. The maximum absolute atomic E-state index is 12.1. The molecule has 6 heteroatoms. The lowest BCUT2D eigenvalue weighted by atomic mass is 10.1. The van der Waals surface area contributed by atoms with E-state index in [4.69, 9.17) is 14.6 Å². The van der Waals surface area contributed by atoms with Crippen molar-refractivity contribution in [1.29, 1.82) is 0 Å². The zero-order chi connectivity index (χ0) is 15.8. The van der Waals surface area contributed by atoms with E-state index in [0.29, 0.717) is 43.2 Å². The summed E-state index contributed by atoms with van der Waals surface area (Å²) in [5.74, 6) is 0.333. The molecule has 1 aromatic rings. The van der Waals surface area contributed by atoms with E-state index in [0.717, 1.165) is 19.3 Å². The van der Waals surface area contributed by atoms with Crippen LogP contribution in [0.4, 0.5) is 0 Å². The highest BCUT2D eigenvalue weighted by Gasteiger charge is 2.13. The fourth-order valence-electron chi connectivity index (χ4n) is 2.19. The van der Waals surface area contributed by atoms with Gasteiger partial charge in [-0.05, 0) is 31.0 Å². The van der Waals surface area contributed by atoms with Crippen molar-refractivity contribution < 1.29 is 24.2 Å². The van der Waals surface area contributed by atoms with Crippen LogP contribution in [0.3, 0.4) is 0 Å². The maximum Gasteiger partial charge on any atom is 0.303 e. The molecule has 1 aliphatic rings. The van der Waals surface area contributed by atoms with Crippen LogP contribution < -0.4 is 14.8 Å². The van der Waals surface area contributed by atoms with Gasteiger partial charge in [-0.3, -0.25) is 9.59 Å². The fraction of sp³-hybridized carbons (Fsp3) is 0.500. The Kier molecular flexibility index (Phi) is 6.06. The number of ether oxygens (including phenoxy) is 2. The van der Waals surface area contributed by atoms with Gasteiger partial charge in [-0.25, -0.2) is 0 Å². The topological polar surface area (TPSA) is 84.9 Å². The second-order valence-corrected chi connectivity index (χ2v) is 5.17. The van der Waals surface area contributed by atoms with E-state index in [1.165, 1.54) is 0 Å². The van der Waals surface area contributed by atoms with Gasteiger partial charge in [-0.15, -0.1) is 0 Å². The first-order chi connectivity index (χ1) is 10.7. The van der Waals surface area contributed by atoms with Gasteiger partial charge in [0.05, 0.1) is 13.2 Å². The number of carboxylic acid groups (broad SMARTS) is 1. The van der Waals surface area contributed by atoms with Gasteiger partial charge in [0.25, 0.3) is 5.91 Å². The van der Waals surface area contributed by atoms with Crippen LogP contribution in [0.1, 0.15) is 42.5 Å². The minimum Gasteiger partial charge on any atom is -0.490 e. The lowest BCUT2D eigenvalue weighted by Crippen LogP contribution is -2.24. The van der Waals surface area contributed by atoms with Gasteiger partial charge >= 0.3 is 5.97 Å². The quantitative estimate of drug-likeness (QED) is 0.755. The Morgan fingerprint density at radius 2 is 1.86 bits per heavy atom. The fourth-order valence-corrected chi connectivity index (χ4v) is 2.19. The first-order valence-corrected chi connectivity index (χ1v) is 7.56. The van der Waals surface area contributed by atoms with E-state index >= 15 is 0 Å².